The Hall–Kier alpha value is -2.29. The van der Waals surface area contributed by atoms with Crippen LogP contribution in [0.4, 0.5) is 5.82 Å². The largest absolute Gasteiger partial charge is 0.478 e. The summed E-state index contributed by atoms with van der Waals surface area (Å²) in [5.41, 5.74) is 1.52. The van der Waals surface area contributed by atoms with Crippen molar-refractivity contribution in [3.63, 3.8) is 0 Å². The zero-order chi connectivity index (χ0) is 13.7. The molecule has 1 heterocycles. The fourth-order valence-electron chi connectivity index (χ4n) is 1.79. The van der Waals surface area contributed by atoms with Gasteiger partial charge in [0.25, 0.3) is 0 Å². The molecular formula is C12H16N4O2. The minimum Gasteiger partial charge on any atom is -0.478 e. The number of carbonyl (C=O) groups is 1. The van der Waals surface area contributed by atoms with Crippen molar-refractivity contribution < 1.29 is 9.90 Å². The van der Waals surface area contributed by atoms with Crippen LogP contribution in [-0.2, 0) is 11.8 Å². The van der Waals surface area contributed by atoms with Crippen molar-refractivity contribution in [3.05, 3.63) is 17.3 Å². The standard InChI is InChI=1S/C12H16N4O2/c1-9-10(5-6-11(17)18)12(16(3)14-9)15(2)8-4-7-13/h5-6H,4,8H2,1-3H3,(H,17,18)/b6-5+. The fourth-order valence-corrected chi connectivity index (χ4v) is 1.79. The van der Waals surface area contributed by atoms with Gasteiger partial charge in [0.15, 0.2) is 0 Å². The van der Waals surface area contributed by atoms with Gasteiger partial charge >= 0.3 is 5.97 Å². The maximum absolute atomic E-state index is 10.6. The highest BCUT2D eigenvalue weighted by Crippen LogP contribution is 2.23. The molecule has 0 aliphatic rings. The molecule has 96 valence electrons. The van der Waals surface area contributed by atoms with Crippen LogP contribution < -0.4 is 4.90 Å². The third kappa shape index (κ3) is 3.10. The van der Waals surface area contributed by atoms with Crippen LogP contribution in [-0.4, -0.2) is 34.4 Å². The molecule has 0 atom stereocenters. The number of nitriles is 1. The van der Waals surface area contributed by atoms with Crippen LogP contribution in [0.3, 0.4) is 0 Å². The number of carboxylic acids is 1. The number of hydrogen-bond acceptors (Lipinski definition) is 4. The number of anilines is 1. The van der Waals surface area contributed by atoms with Crippen LogP contribution in [0.2, 0.25) is 0 Å². The Morgan fingerprint density at radius 2 is 2.33 bits per heavy atom. The van der Waals surface area contributed by atoms with Crippen LogP contribution in [0.1, 0.15) is 17.7 Å². The zero-order valence-corrected chi connectivity index (χ0v) is 10.7. The lowest BCUT2D eigenvalue weighted by atomic mass is 10.2. The Balaban J connectivity index is 3.10. The number of nitrogens with zero attached hydrogens (tertiary/aromatic N) is 4. The molecule has 1 N–H and O–H groups in total. The van der Waals surface area contributed by atoms with Gasteiger partial charge in [-0.15, -0.1) is 0 Å². The van der Waals surface area contributed by atoms with Gasteiger partial charge in [0.1, 0.15) is 5.82 Å². The van der Waals surface area contributed by atoms with Gasteiger partial charge in [-0.3, -0.25) is 4.68 Å². The molecule has 1 aromatic heterocycles. The van der Waals surface area contributed by atoms with Crippen molar-refractivity contribution in [3.8, 4) is 6.07 Å². The maximum atomic E-state index is 10.6. The molecule has 0 radical (unpaired) electrons. The summed E-state index contributed by atoms with van der Waals surface area (Å²) in [5, 5.41) is 21.5. The lowest BCUT2D eigenvalue weighted by Crippen LogP contribution is -2.21. The van der Waals surface area contributed by atoms with E-state index in [1.165, 1.54) is 6.08 Å². The van der Waals surface area contributed by atoms with E-state index in [-0.39, 0.29) is 0 Å². The first-order valence-corrected chi connectivity index (χ1v) is 5.50. The van der Waals surface area contributed by atoms with Gasteiger partial charge in [-0.25, -0.2) is 4.79 Å². The predicted octanol–water partition coefficient (Wildman–Crippen LogP) is 1.18. The first-order chi connectivity index (χ1) is 8.47. The highest BCUT2D eigenvalue weighted by atomic mass is 16.4. The molecule has 0 amide bonds. The molecule has 0 aromatic carbocycles. The summed E-state index contributed by atoms with van der Waals surface area (Å²) >= 11 is 0. The van der Waals surface area contributed by atoms with Gasteiger partial charge in [0.2, 0.25) is 0 Å². The molecule has 1 rings (SSSR count). The smallest absolute Gasteiger partial charge is 0.328 e. The van der Waals surface area contributed by atoms with Crippen molar-refractivity contribution in [1.82, 2.24) is 9.78 Å². The predicted molar refractivity (Wildman–Crippen MR) is 68.1 cm³/mol. The van der Waals surface area contributed by atoms with Crippen LogP contribution in [0.5, 0.6) is 0 Å². The number of aromatic nitrogens is 2. The summed E-state index contributed by atoms with van der Waals surface area (Å²) in [6.07, 6.45) is 3.03. The molecule has 0 bridgehead atoms. The van der Waals surface area contributed by atoms with Crippen LogP contribution >= 0.6 is 0 Å². The van der Waals surface area contributed by atoms with E-state index in [0.717, 1.165) is 23.2 Å². The van der Waals surface area contributed by atoms with E-state index >= 15 is 0 Å². The van der Waals surface area contributed by atoms with Crippen molar-refractivity contribution >= 4 is 17.9 Å². The van der Waals surface area contributed by atoms with Gasteiger partial charge < -0.3 is 10.0 Å². The molecular weight excluding hydrogens is 232 g/mol. The maximum Gasteiger partial charge on any atom is 0.328 e. The highest BCUT2D eigenvalue weighted by molar-refractivity contribution is 5.87. The van der Waals surface area contributed by atoms with E-state index in [9.17, 15) is 4.79 Å². The monoisotopic (exact) mass is 248 g/mol. The lowest BCUT2D eigenvalue weighted by Gasteiger charge is -2.18. The normalized spacial score (nSPS) is 10.6. The number of carboxylic acid groups (broad SMARTS) is 1. The average molecular weight is 248 g/mol. The Morgan fingerprint density at radius 3 is 2.89 bits per heavy atom. The van der Waals surface area contributed by atoms with Crippen molar-refractivity contribution in [2.24, 2.45) is 7.05 Å². The minimum atomic E-state index is -0.996. The van der Waals surface area contributed by atoms with Gasteiger partial charge in [-0.2, -0.15) is 10.4 Å². The summed E-state index contributed by atoms with van der Waals surface area (Å²) in [5.74, 6) is -0.191. The molecule has 18 heavy (non-hydrogen) atoms. The second-order valence-electron chi connectivity index (χ2n) is 3.95. The number of aryl methyl sites for hydroxylation is 2. The minimum absolute atomic E-state index is 0.406. The number of hydrogen-bond donors (Lipinski definition) is 1. The van der Waals surface area contributed by atoms with Gasteiger partial charge in [-0.1, -0.05) is 0 Å². The second kappa shape index (κ2) is 5.87. The third-order valence-electron chi connectivity index (χ3n) is 2.55. The van der Waals surface area contributed by atoms with Crippen LogP contribution in [0.15, 0.2) is 6.08 Å². The molecule has 0 fully saturated rings. The molecule has 0 saturated heterocycles. The Bertz CT molecular complexity index is 511. The second-order valence-corrected chi connectivity index (χ2v) is 3.95. The summed E-state index contributed by atoms with van der Waals surface area (Å²) in [4.78, 5) is 12.5. The van der Waals surface area contributed by atoms with Crippen molar-refractivity contribution in [2.75, 3.05) is 18.5 Å². The van der Waals surface area contributed by atoms with Gasteiger partial charge in [0.05, 0.1) is 18.2 Å². The fraction of sp³-hybridized carbons (Fsp3) is 0.417. The highest BCUT2D eigenvalue weighted by Gasteiger charge is 2.14. The van der Waals surface area contributed by atoms with E-state index in [2.05, 4.69) is 11.2 Å². The van der Waals surface area contributed by atoms with Crippen molar-refractivity contribution in [2.45, 2.75) is 13.3 Å². The lowest BCUT2D eigenvalue weighted by molar-refractivity contribution is -0.131. The molecule has 0 unspecified atom stereocenters. The number of aliphatic carboxylic acids is 1. The Kier molecular flexibility index (Phi) is 4.49. The molecule has 0 saturated carbocycles. The quantitative estimate of drug-likeness (QED) is 0.791. The summed E-state index contributed by atoms with van der Waals surface area (Å²) in [6.45, 7) is 2.40. The summed E-state index contributed by atoms with van der Waals surface area (Å²) in [7, 11) is 3.65. The number of rotatable bonds is 5. The SMILES string of the molecule is Cc1nn(C)c(N(C)CCC#N)c1/C=C/C(=O)O. The van der Waals surface area contributed by atoms with Crippen LogP contribution in [0.25, 0.3) is 6.08 Å². The first-order valence-electron chi connectivity index (χ1n) is 5.50. The first kappa shape index (κ1) is 13.8. The molecule has 6 nitrogen and oxygen atoms in total. The van der Waals surface area contributed by atoms with Gasteiger partial charge in [-0.05, 0) is 13.0 Å². The summed E-state index contributed by atoms with van der Waals surface area (Å²) in [6, 6.07) is 2.08. The van der Waals surface area contributed by atoms with E-state index < -0.39 is 5.97 Å². The van der Waals surface area contributed by atoms with E-state index in [1.54, 1.807) is 11.7 Å². The van der Waals surface area contributed by atoms with E-state index in [1.807, 2.05) is 18.9 Å². The third-order valence-corrected chi connectivity index (χ3v) is 2.55. The zero-order valence-electron chi connectivity index (χ0n) is 10.7. The Labute approximate surface area is 106 Å². The Morgan fingerprint density at radius 1 is 1.67 bits per heavy atom. The average Bonchev–Trinajstić information content (AvgIpc) is 2.58. The van der Waals surface area contributed by atoms with E-state index in [0.29, 0.717) is 13.0 Å². The van der Waals surface area contributed by atoms with E-state index in [4.69, 9.17) is 10.4 Å². The molecule has 6 heteroatoms. The molecule has 0 aliphatic heterocycles. The van der Waals surface area contributed by atoms with Crippen LogP contribution in [0, 0.1) is 18.3 Å². The molecule has 1 aromatic rings. The summed E-state index contributed by atoms with van der Waals surface area (Å²) < 4.78 is 1.69. The van der Waals surface area contributed by atoms with Crippen molar-refractivity contribution in [1.29, 1.82) is 5.26 Å². The molecule has 0 spiro atoms. The molecule has 0 aliphatic carbocycles. The topological polar surface area (TPSA) is 82.2 Å². The van der Waals surface area contributed by atoms with Gasteiger partial charge in [0, 0.05) is 32.3 Å².